The fraction of sp³-hybridized carbons (Fsp3) is 0.538. The van der Waals surface area contributed by atoms with Gasteiger partial charge in [-0.25, -0.2) is 0 Å². The summed E-state index contributed by atoms with van der Waals surface area (Å²) in [4.78, 5) is 0.912. The van der Waals surface area contributed by atoms with Gasteiger partial charge in [-0.3, -0.25) is 0 Å². The second-order valence-corrected chi connectivity index (χ2v) is 5.55. The van der Waals surface area contributed by atoms with Crippen LogP contribution in [-0.4, -0.2) is 48.9 Å². The first-order valence-electron chi connectivity index (χ1n) is 6.07. The van der Waals surface area contributed by atoms with E-state index in [9.17, 15) is 5.11 Å². The van der Waals surface area contributed by atoms with Crippen LogP contribution in [0.2, 0.25) is 5.02 Å². The maximum absolute atomic E-state index is 9.30. The standard InChI is InChI=1S/C13H20ClNO3S/c1-18-5-4-15-7-10-2-3-13(12(14)6-10)19-9-11(17)8-16/h2-3,6,11,15-17H,4-5,7-9H2,1H3. The molecule has 6 heteroatoms. The van der Waals surface area contributed by atoms with E-state index in [4.69, 9.17) is 21.4 Å². The molecule has 4 nitrogen and oxygen atoms in total. The first-order chi connectivity index (χ1) is 9.17. The normalized spacial score (nSPS) is 12.6. The first-order valence-corrected chi connectivity index (χ1v) is 7.43. The summed E-state index contributed by atoms with van der Waals surface area (Å²) in [6.07, 6.45) is -0.712. The van der Waals surface area contributed by atoms with Crippen molar-refractivity contribution in [1.82, 2.24) is 5.32 Å². The highest BCUT2D eigenvalue weighted by Gasteiger charge is 2.07. The maximum Gasteiger partial charge on any atom is 0.0864 e. The molecule has 1 unspecified atom stereocenters. The van der Waals surface area contributed by atoms with Crippen LogP contribution in [0.5, 0.6) is 0 Å². The fourth-order valence-corrected chi connectivity index (χ4v) is 2.62. The quantitative estimate of drug-likeness (QED) is 0.477. The second kappa shape index (κ2) is 9.58. The second-order valence-electron chi connectivity index (χ2n) is 4.08. The molecule has 108 valence electrons. The van der Waals surface area contributed by atoms with Crippen LogP contribution >= 0.6 is 23.4 Å². The van der Waals surface area contributed by atoms with Gasteiger partial charge in [0.25, 0.3) is 0 Å². The summed E-state index contributed by atoms with van der Waals surface area (Å²) in [5.41, 5.74) is 1.10. The summed E-state index contributed by atoms with van der Waals surface area (Å²) < 4.78 is 4.95. The van der Waals surface area contributed by atoms with Gasteiger partial charge >= 0.3 is 0 Å². The third-order valence-corrected chi connectivity index (χ3v) is 4.09. The smallest absolute Gasteiger partial charge is 0.0864 e. The number of hydrogen-bond donors (Lipinski definition) is 3. The van der Waals surface area contributed by atoms with Crippen LogP contribution in [0.1, 0.15) is 5.56 Å². The van der Waals surface area contributed by atoms with E-state index >= 15 is 0 Å². The van der Waals surface area contributed by atoms with E-state index in [-0.39, 0.29) is 6.61 Å². The minimum absolute atomic E-state index is 0.230. The van der Waals surface area contributed by atoms with Crippen LogP contribution in [-0.2, 0) is 11.3 Å². The molecule has 1 aromatic rings. The van der Waals surface area contributed by atoms with Crippen LogP contribution in [0, 0.1) is 0 Å². The van der Waals surface area contributed by atoms with Crippen molar-refractivity contribution in [2.45, 2.75) is 17.5 Å². The number of thioether (sulfide) groups is 1. The highest BCUT2D eigenvalue weighted by molar-refractivity contribution is 7.99. The molecule has 1 rings (SSSR count). The van der Waals surface area contributed by atoms with Gasteiger partial charge in [-0.05, 0) is 17.7 Å². The van der Waals surface area contributed by atoms with Crippen molar-refractivity contribution in [1.29, 1.82) is 0 Å². The lowest BCUT2D eigenvalue weighted by Crippen LogP contribution is -2.18. The summed E-state index contributed by atoms with van der Waals surface area (Å²) in [6, 6.07) is 5.85. The van der Waals surface area contributed by atoms with Crippen LogP contribution < -0.4 is 5.32 Å². The molecule has 0 radical (unpaired) electrons. The molecule has 0 amide bonds. The van der Waals surface area contributed by atoms with Crippen LogP contribution in [0.25, 0.3) is 0 Å². The Bertz CT molecular complexity index is 379. The number of ether oxygens (including phenoxy) is 1. The zero-order valence-electron chi connectivity index (χ0n) is 10.9. The summed E-state index contributed by atoms with van der Waals surface area (Å²) in [5, 5.41) is 22.0. The first kappa shape index (κ1) is 16.8. The number of aliphatic hydroxyl groups excluding tert-OH is 2. The fourth-order valence-electron chi connectivity index (χ4n) is 1.42. The van der Waals surface area contributed by atoms with Gasteiger partial charge in [0.15, 0.2) is 0 Å². The Hall–Kier alpha value is -0.300. The van der Waals surface area contributed by atoms with E-state index in [0.717, 1.165) is 23.5 Å². The third-order valence-electron chi connectivity index (χ3n) is 2.45. The summed E-state index contributed by atoms with van der Waals surface area (Å²) in [7, 11) is 1.67. The highest BCUT2D eigenvalue weighted by Crippen LogP contribution is 2.28. The predicted octanol–water partition coefficient (Wildman–Crippen LogP) is 1.52. The Morgan fingerprint density at radius 3 is 2.89 bits per heavy atom. The lowest BCUT2D eigenvalue weighted by atomic mass is 10.2. The van der Waals surface area contributed by atoms with Crippen molar-refractivity contribution in [2.75, 3.05) is 32.6 Å². The summed E-state index contributed by atoms with van der Waals surface area (Å²) in [5.74, 6) is 0.432. The van der Waals surface area contributed by atoms with Crippen molar-refractivity contribution in [3.05, 3.63) is 28.8 Å². The van der Waals surface area contributed by atoms with Gasteiger partial charge in [0.2, 0.25) is 0 Å². The molecule has 1 atom stereocenters. The molecule has 0 spiro atoms. The topological polar surface area (TPSA) is 61.7 Å². The molecule has 1 aromatic carbocycles. The minimum atomic E-state index is -0.712. The zero-order valence-corrected chi connectivity index (χ0v) is 12.5. The largest absolute Gasteiger partial charge is 0.394 e. The number of halogens is 1. The van der Waals surface area contributed by atoms with Crippen LogP contribution in [0.3, 0.4) is 0 Å². The molecule has 0 bridgehead atoms. The van der Waals surface area contributed by atoms with Gasteiger partial charge in [0, 0.05) is 30.8 Å². The van der Waals surface area contributed by atoms with Gasteiger partial charge < -0.3 is 20.3 Å². The van der Waals surface area contributed by atoms with Crippen molar-refractivity contribution in [2.24, 2.45) is 0 Å². The Morgan fingerprint density at radius 2 is 2.26 bits per heavy atom. The molecule has 3 N–H and O–H groups in total. The molecule has 0 aliphatic rings. The average molecular weight is 306 g/mol. The van der Waals surface area contributed by atoms with E-state index in [1.54, 1.807) is 7.11 Å². The SMILES string of the molecule is COCCNCc1ccc(SCC(O)CO)c(Cl)c1. The molecule has 19 heavy (non-hydrogen) atoms. The predicted molar refractivity (Wildman–Crippen MR) is 78.9 cm³/mol. The van der Waals surface area contributed by atoms with Gasteiger partial charge in [-0.2, -0.15) is 0 Å². The molecule has 0 aliphatic carbocycles. The number of aliphatic hydroxyl groups is 2. The number of nitrogens with one attached hydrogen (secondary N) is 1. The number of hydrogen-bond acceptors (Lipinski definition) is 5. The molecule has 0 aliphatic heterocycles. The Balaban J connectivity index is 2.45. The number of benzene rings is 1. The lowest BCUT2D eigenvalue weighted by Gasteiger charge is -2.10. The Labute approximate surface area is 123 Å². The molecule has 0 aromatic heterocycles. The lowest BCUT2D eigenvalue weighted by molar-refractivity contribution is 0.113. The van der Waals surface area contributed by atoms with Crippen molar-refractivity contribution < 1.29 is 14.9 Å². The monoisotopic (exact) mass is 305 g/mol. The molecule has 0 saturated carbocycles. The van der Waals surface area contributed by atoms with Gasteiger partial charge in [0.1, 0.15) is 0 Å². The van der Waals surface area contributed by atoms with E-state index in [1.165, 1.54) is 11.8 Å². The summed E-state index contributed by atoms with van der Waals surface area (Å²) in [6.45, 7) is 1.99. The van der Waals surface area contributed by atoms with Gasteiger partial charge in [-0.1, -0.05) is 17.7 Å². The zero-order chi connectivity index (χ0) is 14.1. The van der Waals surface area contributed by atoms with E-state index in [0.29, 0.717) is 17.4 Å². The van der Waals surface area contributed by atoms with E-state index < -0.39 is 6.10 Å². The van der Waals surface area contributed by atoms with Crippen LogP contribution in [0.15, 0.2) is 23.1 Å². The van der Waals surface area contributed by atoms with Crippen molar-refractivity contribution in [3.63, 3.8) is 0 Å². The molecule has 0 saturated heterocycles. The van der Waals surface area contributed by atoms with Crippen molar-refractivity contribution >= 4 is 23.4 Å². The number of rotatable bonds is 9. The molecular formula is C13H20ClNO3S. The van der Waals surface area contributed by atoms with Crippen LogP contribution in [0.4, 0.5) is 0 Å². The highest BCUT2D eigenvalue weighted by atomic mass is 35.5. The maximum atomic E-state index is 9.30. The van der Waals surface area contributed by atoms with Gasteiger partial charge in [-0.15, -0.1) is 11.8 Å². The van der Waals surface area contributed by atoms with E-state index in [1.807, 2.05) is 18.2 Å². The number of methoxy groups -OCH3 is 1. The Morgan fingerprint density at radius 1 is 1.47 bits per heavy atom. The molecular weight excluding hydrogens is 286 g/mol. The Kier molecular flexibility index (Phi) is 8.45. The van der Waals surface area contributed by atoms with Gasteiger partial charge in [0.05, 0.1) is 24.3 Å². The average Bonchev–Trinajstić information content (AvgIpc) is 2.42. The minimum Gasteiger partial charge on any atom is -0.394 e. The molecule has 0 fully saturated rings. The van der Waals surface area contributed by atoms with E-state index in [2.05, 4.69) is 5.32 Å². The summed E-state index contributed by atoms with van der Waals surface area (Å²) >= 11 is 7.62. The third kappa shape index (κ3) is 6.61. The van der Waals surface area contributed by atoms with Crippen molar-refractivity contribution in [3.8, 4) is 0 Å². The molecule has 0 heterocycles.